The number of hydrogen-bond donors (Lipinski definition) is 0. The molecule has 2 fully saturated rings. The third-order valence-electron chi connectivity index (χ3n) is 6.08. The molecule has 2 saturated heterocycles. The number of carbonyl (C=O) groups is 2. The van der Waals surface area contributed by atoms with E-state index in [9.17, 15) is 18.0 Å². The molecule has 4 heterocycles. The number of aromatic nitrogens is 1. The second kappa shape index (κ2) is 8.51. The number of amides is 1. The number of sulfonamides is 1. The molecule has 31 heavy (non-hydrogen) atoms. The predicted molar refractivity (Wildman–Crippen MR) is 111 cm³/mol. The summed E-state index contributed by atoms with van der Waals surface area (Å²) < 4.78 is 39.5. The van der Waals surface area contributed by atoms with Crippen LogP contribution in [0.1, 0.15) is 58.5 Å². The number of carbonyl (C=O) groups excluding carboxylic acids is 2. The fraction of sp³-hybridized carbons (Fsp3) is 0.524. The maximum Gasteiger partial charge on any atom is 0.354 e. The Balaban J connectivity index is 1.45. The van der Waals surface area contributed by atoms with E-state index in [2.05, 4.69) is 0 Å². The van der Waals surface area contributed by atoms with Crippen molar-refractivity contribution in [2.75, 3.05) is 33.3 Å². The van der Waals surface area contributed by atoms with E-state index in [4.69, 9.17) is 9.15 Å². The van der Waals surface area contributed by atoms with Crippen molar-refractivity contribution in [3.05, 3.63) is 41.6 Å². The van der Waals surface area contributed by atoms with Crippen molar-refractivity contribution >= 4 is 21.9 Å². The van der Waals surface area contributed by atoms with Crippen molar-refractivity contribution in [3.63, 3.8) is 0 Å². The Morgan fingerprint density at radius 3 is 2.45 bits per heavy atom. The molecule has 2 aliphatic heterocycles. The highest BCUT2D eigenvalue weighted by atomic mass is 32.2. The van der Waals surface area contributed by atoms with Crippen molar-refractivity contribution in [1.82, 2.24) is 13.8 Å². The van der Waals surface area contributed by atoms with E-state index in [0.717, 1.165) is 12.8 Å². The number of hydrogen-bond acceptors (Lipinski definition) is 6. The zero-order valence-electron chi connectivity index (χ0n) is 17.7. The Labute approximate surface area is 181 Å². The topological polar surface area (TPSA) is 102 Å². The third-order valence-corrected chi connectivity index (χ3v) is 8.09. The fourth-order valence-corrected chi connectivity index (χ4v) is 6.07. The quantitative estimate of drug-likeness (QED) is 0.650. The van der Waals surface area contributed by atoms with E-state index in [1.807, 2.05) is 10.8 Å². The lowest BCUT2D eigenvalue weighted by Gasteiger charge is -2.32. The van der Waals surface area contributed by atoms with Crippen LogP contribution >= 0.6 is 0 Å². The van der Waals surface area contributed by atoms with Crippen LogP contribution in [-0.2, 0) is 14.8 Å². The molecule has 0 saturated carbocycles. The van der Waals surface area contributed by atoms with Crippen LogP contribution in [0, 0.1) is 6.92 Å². The van der Waals surface area contributed by atoms with Gasteiger partial charge < -0.3 is 18.6 Å². The molecular formula is C21H27N3O6S. The van der Waals surface area contributed by atoms with Gasteiger partial charge in [0.1, 0.15) is 16.3 Å². The zero-order valence-corrected chi connectivity index (χ0v) is 18.6. The second-order valence-electron chi connectivity index (χ2n) is 7.96. The zero-order chi connectivity index (χ0) is 22.2. The van der Waals surface area contributed by atoms with Gasteiger partial charge in [0, 0.05) is 44.5 Å². The van der Waals surface area contributed by atoms with E-state index in [1.54, 1.807) is 24.0 Å². The molecule has 9 nitrogen and oxygen atoms in total. The molecule has 168 valence electrons. The normalized spacial score (nSPS) is 18.5. The average molecular weight is 450 g/mol. The van der Waals surface area contributed by atoms with E-state index in [0.29, 0.717) is 44.7 Å². The van der Waals surface area contributed by atoms with Gasteiger partial charge in [-0.2, -0.15) is 4.31 Å². The molecule has 10 heteroatoms. The molecule has 1 amide bonds. The van der Waals surface area contributed by atoms with Gasteiger partial charge in [-0.1, -0.05) is 0 Å². The van der Waals surface area contributed by atoms with E-state index in [-0.39, 0.29) is 34.3 Å². The summed E-state index contributed by atoms with van der Waals surface area (Å²) >= 11 is 0. The molecule has 0 N–H and O–H groups in total. The number of ether oxygens (including phenoxy) is 1. The highest BCUT2D eigenvalue weighted by molar-refractivity contribution is 7.89. The summed E-state index contributed by atoms with van der Waals surface area (Å²) in [6, 6.07) is 4.96. The first kappa shape index (κ1) is 21.6. The summed E-state index contributed by atoms with van der Waals surface area (Å²) in [5, 5.41) is 0. The summed E-state index contributed by atoms with van der Waals surface area (Å²) in [5.74, 6) is -0.420. The smallest absolute Gasteiger partial charge is 0.354 e. The third kappa shape index (κ3) is 4.01. The van der Waals surface area contributed by atoms with Gasteiger partial charge in [0.2, 0.25) is 10.0 Å². The van der Waals surface area contributed by atoms with Crippen LogP contribution in [0.4, 0.5) is 0 Å². The van der Waals surface area contributed by atoms with Gasteiger partial charge in [-0.15, -0.1) is 0 Å². The van der Waals surface area contributed by atoms with Gasteiger partial charge in [0.05, 0.1) is 7.11 Å². The van der Waals surface area contributed by atoms with Crippen LogP contribution in [-0.4, -0.2) is 67.4 Å². The van der Waals surface area contributed by atoms with Crippen molar-refractivity contribution in [2.45, 2.75) is 43.5 Å². The molecule has 4 rings (SSSR count). The first-order valence-electron chi connectivity index (χ1n) is 10.5. The predicted octanol–water partition coefficient (Wildman–Crippen LogP) is 2.44. The molecule has 0 radical (unpaired) electrons. The Hall–Kier alpha value is -2.59. The maximum absolute atomic E-state index is 13.0. The minimum atomic E-state index is -3.64. The number of esters is 1. The number of aryl methyl sites for hydroxylation is 1. The lowest BCUT2D eigenvalue weighted by molar-refractivity contribution is 0.0570. The molecule has 0 atom stereocenters. The lowest BCUT2D eigenvalue weighted by Crippen LogP contribution is -2.39. The van der Waals surface area contributed by atoms with Gasteiger partial charge in [0.25, 0.3) is 5.91 Å². The minimum Gasteiger partial charge on any atom is -0.464 e. The number of likely N-dealkylation sites (tertiary alicyclic amines) is 1. The maximum atomic E-state index is 13.0. The number of nitrogens with zero attached hydrogens (tertiary/aromatic N) is 3. The summed E-state index contributed by atoms with van der Waals surface area (Å²) in [7, 11) is -2.29. The van der Waals surface area contributed by atoms with Gasteiger partial charge in [0.15, 0.2) is 5.76 Å². The van der Waals surface area contributed by atoms with Gasteiger partial charge in [-0.05, 0) is 44.7 Å². The van der Waals surface area contributed by atoms with Crippen LogP contribution in [0.3, 0.4) is 0 Å². The Morgan fingerprint density at radius 2 is 1.81 bits per heavy atom. The largest absolute Gasteiger partial charge is 0.464 e. The molecule has 0 bridgehead atoms. The standard InChI is InChI=1S/C21H27N3O6S/c1-15-19(31(27,28)23-9-3-4-10-23)14-18(30-15)20(25)22-12-7-16(8-13-22)24-11-5-6-17(24)21(26)29-2/h5-6,11,14,16H,3-4,7-10,12-13H2,1-2H3. The highest BCUT2D eigenvalue weighted by Gasteiger charge is 2.33. The number of piperidine rings is 1. The summed E-state index contributed by atoms with van der Waals surface area (Å²) in [5.41, 5.74) is 0.491. The molecule has 2 aromatic heterocycles. The van der Waals surface area contributed by atoms with E-state index < -0.39 is 10.0 Å². The van der Waals surface area contributed by atoms with Crippen LogP contribution in [0.25, 0.3) is 0 Å². The average Bonchev–Trinajstić information content (AvgIpc) is 3.53. The summed E-state index contributed by atoms with van der Waals surface area (Å²) in [6.07, 6.45) is 4.87. The summed E-state index contributed by atoms with van der Waals surface area (Å²) in [4.78, 5) is 26.6. The summed E-state index contributed by atoms with van der Waals surface area (Å²) in [6.45, 7) is 3.53. The number of methoxy groups -OCH3 is 1. The van der Waals surface area contributed by atoms with Crippen molar-refractivity contribution < 1.29 is 27.2 Å². The minimum absolute atomic E-state index is 0.0462. The van der Waals surface area contributed by atoms with Gasteiger partial charge in [-0.3, -0.25) is 4.79 Å². The van der Waals surface area contributed by atoms with Crippen LogP contribution in [0.2, 0.25) is 0 Å². The Bertz CT molecular complexity index is 1070. The lowest BCUT2D eigenvalue weighted by atomic mass is 10.0. The van der Waals surface area contributed by atoms with Crippen LogP contribution in [0.15, 0.2) is 33.7 Å². The van der Waals surface area contributed by atoms with E-state index >= 15 is 0 Å². The van der Waals surface area contributed by atoms with Gasteiger partial charge in [-0.25, -0.2) is 13.2 Å². The van der Waals surface area contributed by atoms with Crippen molar-refractivity contribution in [1.29, 1.82) is 0 Å². The number of furan rings is 1. The highest BCUT2D eigenvalue weighted by Crippen LogP contribution is 2.29. The molecule has 2 aliphatic rings. The first-order valence-corrected chi connectivity index (χ1v) is 11.9. The molecule has 0 aliphatic carbocycles. The Kier molecular flexibility index (Phi) is 5.94. The van der Waals surface area contributed by atoms with Gasteiger partial charge >= 0.3 is 5.97 Å². The monoisotopic (exact) mass is 449 g/mol. The molecule has 0 spiro atoms. The van der Waals surface area contributed by atoms with Crippen molar-refractivity contribution in [3.8, 4) is 0 Å². The van der Waals surface area contributed by atoms with E-state index in [1.165, 1.54) is 17.5 Å². The molecular weight excluding hydrogens is 422 g/mol. The SMILES string of the molecule is COC(=O)c1cccn1C1CCN(C(=O)c2cc(S(=O)(=O)N3CCCC3)c(C)o2)CC1. The first-order chi connectivity index (χ1) is 14.8. The van der Waals surface area contributed by atoms with Crippen LogP contribution in [0.5, 0.6) is 0 Å². The molecule has 0 aromatic carbocycles. The fourth-order valence-electron chi connectivity index (χ4n) is 4.39. The second-order valence-corrected chi connectivity index (χ2v) is 9.86. The van der Waals surface area contributed by atoms with Crippen molar-refractivity contribution in [2.24, 2.45) is 0 Å². The molecule has 0 unspecified atom stereocenters. The molecule has 2 aromatic rings. The van der Waals surface area contributed by atoms with Crippen LogP contribution < -0.4 is 0 Å². The Morgan fingerprint density at radius 1 is 1.13 bits per heavy atom. The number of rotatable bonds is 5.